The fraction of sp³-hybridized carbons (Fsp3) is 0.600. The molecule has 226 valence electrons. The molecule has 2 amide bonds. The number of rotatable bonds is 10. The zero-order valence-corrected chi connectivity index (χ0v) is 26.7. The lowest BCUT2D eigenvalue weighted by Gasteiger charge is -2.18. The number of carbonyl (C=O) groups excluding carboxylic acids is 3. The van der Waals surface area contributed by atoms with Gasteiger partial charge in [-0.2, -0.15) is 4.57 Å². The molecule has 1 saturated carbocycles. The van der Waals surface area contributed by atoms with Crippen LogP contribution in [0.5, 0.6) is 0 Å². The van der Waals surface area contributed by atoms with Gasteiger partial charge in [0, 0.05) is 53.1 Å². The zero-order chi connectivity index (χ0) is 28.6. The van der Waals surface area contributed by atoms with E-state index in [0.717, 1.165) is 73.1 Å². The quantitative estimate of drug-likeness (QED) is 0.171. The molecule has 11 heteroatoms. The molecule has 2 aromatic heterocycles. The van der Waals surface area contributed by atoms with Crippen molar-refractivity contribution in [2.45, 2.75) is 111 Å². The number of nitrogens with one attached hydrogen (secondary N) is 2. The highest BCUT2D eigenvalue weighted by Crippen LogP contribution is 2.37. The first-order valence-corrected chi connectivity index (χ1v) is 14.5. The van der Waals surface area contributed by atoms with E-state index in [1.807, 2.05) is 56.8 Å². The molecular formula is C30H43IN4O6. The third-order valence-electron chi connectivity index (χ3n) is 7.36. The first-order chi connectivity index (χ1) is 19.2. The largest absolute Gasteiger partial charge is 1.00 e. The summed E-state index contributed by atoms with van der Waals surface area (Å²) >= 11 is 0. The number of pyridine rings is 1. The molecule has 0 unspecified atom stereocenters. The topological polar surface area (TPSA) is 112 Å². The zero-order valence-electron chi connectivity index (χ0n) is 24.5. The molecule has 4 rings (SSSR count). The number of alkyl carbamates (subject to hydrolysis) is 2. The van der Waals surface area contributed by atoms with E-state index in [1.54, 1.807) is 0 Å². The Balaban J connectivity index is 0.00000462. The Bertz CT molecular complexity index is 1190. The summed E-state index contributed by atoms with van der Waals surface area (Å²) in [4.78, 5) is 37.1. The van der Waals surface area contributed by atoms with E-state index in [9.17, 15) is 14.4 Å². The summed E-state index contributed by atoms with van der Waals surface area (Å²) in [6, 6.07) is 3.86. The number of esters is 1. The summed E-state index contributed by atoms with van der Waals surface area (Å²) in [5.41, 5.74) is 4.68. The predicted molar refractivity (Wildman–Crippen MR) is 148 cm³/mol. The van der Waals surface area contributed by atoms with E-state index in [0.29, 0.717) is 0 Å². The highest BCUT2D eigenvalue weighted by Gasteiger charge is 2.29. The van der Waals surface area contributed by atoms with Crippen LogP contribution in [0.25, 0.3) is 11.3 Å². The molecule has 2 N–H and O–H groups in total. The van der Waals surface area contributed by atoms with Crippen LogP contribution in [-0.4, -0.2) is 34.8 Å². The van der Waals surface area contributed by atoms with Crippen LogP contribution in [-0.2, 0) is 51.9 Å². The van der Waals surface area contributed by atoms with Gasteiger partial charge in [0.15, 0.2) is 12.4 Å². The fourth-order valence-corrected chi connectivity index (χ4v) is 5.50. The number of nitrogens with zero attached hydrogens (tertiary/aromatic N) is 2. The molecule has 0 bridgehead atoms. The Labute approximate surface area is 259 Å². The van der Waals surface area contributed by atoms with E-state index in [2.05, 4.69) is 15.2 Å². The van der Waals surface area contributed by atoms with Gasteiger partial charge in [-0.25, -0.2) is 9.59 Å². The number of hydrogen-bond acceptors (Lipinski definition) is 6. The van der Waals surface area contributed by atoms with Crippen molar-refractivity contribution in [2.75, 3.05) is 0 Å². The average Bonchev–Trinajstić information content (AvgIpc) is 3.50. The van der Waals surface area contributed by atoms with Gasteiger partial charge in [0.2, 0.25) is 0 Å². The highest BCUT2D eigenvalue weighted by molar-refractivity contribution is 5.72. The Morgan fingerprint density at radius 1 is 0.878 bits per heavy atom. The predicted octanol–water partition coefficient (Wildman–Crippen LogP) is 1.74. The SMILES string of the molecule is CC(C)NC(=O)OCc1c(COC(=O)NC(C)C)c(-c2cc[n+](COC(=O)C3CCCCC3)cc2)n2c1CCC2.[I-]. The summed E-state index contributed by atoms with van der Waals surface area (Å²) in [7, 11) is 0. The second kappa shape index (κ2) is 15.4. The minimum Gasteiger partial charge on any atom is -1.00 e. The molecule has 1 aliphatic carbocycles. The molecule has 0 atom stereocenters. The molecule has 2 aromatic rings. The Morgan fingerprint density at radius 3 is 2.05 bits per heavy atom. The Hall–Kier alpha value is -2.83. The van der Waals surface area contributed by atoms with Gasteiger partial charge in [0.1, 0.15) is 13.2 Å². The summed E-state index contributed by atoms with van der Waals surface area (Å²) in [6.45, 7) is 8.62. The summed E-state index contributed by atoms with van der Waals surface area (Å²) < 4.78 is 20.9. The lowest BCUT2D eigenvalue weighted by molar-refractivity contribution is -0.727. The van der Waals surface area contributed by atoms with Crippen LogP contribution in [0.1, 0.15) is 83.0 Å². The van der Waals surface area contributed by atoms with Crippen LogP contribution in [0.3, 0.4) is 0 Å². The molecule has 0 aromatic carbocycles. The van der Waals surface area contributed by atoms with Crippen molar-refractivity contribution in [3.63, 3.8) is 0 Å². The summed E-state index contributed by atoms with van der Waals surface area (Å²) in [5, 5.41) is 5.51. The van der Waals surface area contributed by atoms with Crippen molar-refractivity contribution in [3.05, 3.63) is 41.3 Å². The maximum atomic E-state index is 12.5. The van der Waals surface area contributed by atoms with Gasteiger partial charge in [-0.3, -0.25) is 4.79 Å². The van der Waals surface area contributed by atoms with Gasteiger partial charge in [-0.05, 0) is 53.4 Å². The molecule has 0 radical (unpaired) electrons. The van der Waals surface area contributed by atoms with E-state index in [4.69, 9.17) is 14.2 Å². The van der Waals surface area contributed by atoms with E-state index >= 15 is 0 Å². The molecule has 0 saturated heterocycles. The van der Waals surface area contributed by atoms with Crippen LogP contribution in [0.15, 0.2) is 24.5 Å². The monoisotopic (exact) mass is 682 g/mol. The lowest BCUT2D eigenvalue weighted by Crippen LogP contribution is -3.00. The highest BCUT2D eigenvalue weighted by atomic mass is 127. The number of halogens is 1. The molecule has 10 nitrogen and oxygen atoms in total. The van der Waals surface area contributed by atoms with Gasteiger partial charge < -0.3 is 53.4 Å². The van der Waals surface area contributed by atoms with Crippen LogP contribution in [0.4, 0.5) is 9.59 Å². The van der Waals surface area contributed by atoms with Crippen LogP contribution >= 0.6 is 0 Å². The molecule has 1 fully saturated rings. The summed E-state index contributed by atoms with van der Waals surface area (Å²) in [6.07, 6.45) is 9.81. The number of ether oxygens (including phenoxy) is 3. The molecule has 2 aliphatic rings. The van der Waals surface area contributed by atoms with Gasteiger partial charge in [-0.15, -0.1) is 0 Å². The summed E-state index contributed by atoms with van der Waals surface area (Å²) in [5.74, 6) is -0.110. The third kappa shape index (κ3) is 8.83. The van der Waals surface area contributed by atoms with Gasteiger partial charge in [0.05, 0.1) is 11.6 Å². The van der Waals surface area contributed by atoms with Crippen molar-refractivity contribution in [1.82, 2.24) is 15.2 Å². The second-order valence-electron chi connectivity index (χ2n) is 11.3. The number of carbonyl (C=O) groups is 3. The maximum Gasteiger partial charge on any atom is 0.407 e. The smallest absolute Gasteiger partial charge is 0.407 e. The van der Waals surface area contributed by atoms with Crippen LogP contribution in [0, 0.1) is 5.92 Å². The molecule has 0 spiro atoms. The van der Waals surface area contributed by atoms with Crippen molar-refractivity contribution in [1.29, 1.82) is 0 Å². The number of aromatic nitrogens is 2. The minimum absolute atomic E-state index is 0. The van der Waals surface area contributed by atoms with E-state index in [1.165, 1.54) is 6.42 Å². The molecule has 41 heavy (non-hydrogen) atoms. The maximum absolute atomic E-state index is 12.5. The standard InChI is InChI=1S/C30H42N4O6.HI/c1-20(2)31-29(36)38-17-24-25(18-39-30(37)32-21(3)4)27(34-14-8-11-26(24)34)22-12-15-33(16-13-22)19-40-28(35)23-9-6-5-7-10-23;/h12-13,15-16,20-21,23H,5-11,14,17-19H2,1-4H3,(H-,31,32,36,37);1H. The second-order valence-corrected chi connectivity index (χ2v) is 11.3. The van der Waals surface area contributed by atoms with Crippen molar-refractivity contribution in [3.8, 4) is 11.3 Å². The molecule has 1 aliphatic heterocycles. The van der Waals surface area contributed by atoms with Crippen LogP contribution < -0.4 is 39.2 Å². The average molecular weight is 683 g/mol. The van der Waals surface area contributed by atoms with Crippen LogP contribution in [0.2, 0.25) is 0 Å². The lowest BCUT2D eigenvalue weighted by atomic mass is 9.89. The van der Waals surface area contributed by atoms with Crippen molar-refractivity contribution < 1.29 is 57.1 Å². The number of fused-ring (bicyclic) bond motifs is 1. The Morgan fingerprint density at radius 2 is 1.46 bits per heavy atom. The molecule has 3 heterocycles. The first kappa shape index (κ1) is 32.7. The van der Waals surface area contributed by atoms with Crippen molar-refractivity contribution >= 4 is 18.2 Å². The van der Waals surface area contributed by atoms with Gasteiger partial charge in [0.25, 0.3) is 6.73 Å². The normalized spacial score (nSPS) is 14.8. The fourth-order valence-electron chi connectivity index (χ4n) is 5.50. The van der Waals surface area contributed by atoms with E-state index in [-0.39, 0.29) is 67.9 Å². The number of amides is 2. The first-order valence-electron chi connectivity index (χ1n) is 14.5. The van der Waals surface area contributed by atoms with Gasteiger partial charge >= 0.3 is 18.2 Å². The number of hydrogen-bond donors (Lipinski definition) is 2. The minimum atomic E-state index is -0.498. The van der Waals surface area contributed by atoms with Crippen molar-refractivity contribution in [2.24, 2.45) is 5.92 Å². The van der Waals surface area contributed by atoms with E-state index < -0.39 is 12.2 Å². The molecular weight excluding hydrogens is 639 g/mol. The third-order valence-corrected chi connectivity index (χ3v) is 7.36. The Kier molecular flexibility index (Phi) is 12.3. The van der Waals surface area contributed by atoms with Gasteiger partial charge in [-0.1, -0.05) is 19.3 Å².